The second kappa shape index (κ2) is 11.2. The van der Waals surface area contributed by atoms with E-state index in [1.165, 1.54) is 12.1 Å². The van der Waals surface area contributed by atoms with Crippen LogP contribution in [-0.4, -0.2) is 51.8 Å². The first-order valence-corrected chi connectivity index (χ1v) is 13.0. The van der Waals surface area contributed by atoms with Crippen LogP contribution in [0.3, 0.4) is 0 Å². The van der Waals surface area contributed by atoms with Gasteiger partial charge < -0.3 is 9.80 Å². The minimum atomic E-state index is -0.312. The molecular weight excluding hydrogens is 467 g/mol. The van der Waals surface area contributed by atoms with E-state index in [9.17, 15) is 14.0 Å². The quantitative estimate of drug-likeness (QED) is 0.526. The van der Waals surface area contributed by atoms with Crippen LogP contribution >= 0.6 is 0 Å². The van der Waals surface area contributed by atoms with Crippen LogP contribution in [0.1, 0.15) is 42.9 Å². The van der Waals surface area contributed by atoms with Gasteiger partial charge in [0.25, 0.3) is 0 Å². The van der Waals surface area contributed by atoms with Gasteiger partial charge in [0, 0.05) is 63.3 Å². The number of para-hydroxylation sites is 1. The first-order chi connectivity index (χ1) is 18.0. The van der Waals surface area contributed by atoms with Crippen LogP contribution in [0.5, 0.6) is 0 Å². The van der Waals surface area contributed by atoms with Gasteiger partial charge in [-0.25, -0.2) is 4.39 Å². The summed E-state index contributed by atoms with van der Waals surface area (Å²) in [4.78, 5) is 37.0. The number of nitrogens with zero attached hydrogens (tertiary/aromatic N) is 4. The van der Waals surface area contributed by atoms with Gasteiger partial charge in [0.15, 0.2) is 0 Å². The maximum Gasteiger partial charge on any atom is 0.227 e. The number of benzene rings is 2. The van der Waals surface area contributed by atoms with E-state index in [2.05, 4.69) is 16.0 Å². The molecule has 0 saturated carbocycles. The number of amides is 2. The Kier molecular flexibility index (Phi) is 7.60. The molecule has 2 amide bonds. The fourth-order valence-electron chi connectivity index (χ4n) is 5.72. The lowest BCUT2D eigenvalue weighted by Gasteiger charge is -2.34. The summed E-state index contributed by atoms with van der Waals surface area (Å²) in [6.45, 7) is 4.03. The first kappa shape index (κ1) is 25.1. The van der Waals surface area contributed by atoms with Crippen molar-refractivity contribution in [1.82, 2.24) is 14.8 Å². The normalized spacial score (nSPS) is 20.3. The van der Waals surface area contributed by atoms with Crippen LogP contribution in [0.4, 0.5) is 10.1 Å². The minimum absolute atomic E-state index is 0.000175. The summed E-state index contributed by atoms with van der Waals surface area (Å²) in [6, 6.07) is 18.6. The Hall–Kier alpha value is -3.58. The van der Waals surface area contributed by atoms with E-state index >= 15 is 0 Å². The molecule has 7 heteroatoms. The van der Waals surface area contributed by atoms with Crippen LogP contribution < -0.4 is 4.90 Å². The van der Waals surface area contributed by atoms with E-state index in [0.717, 1.165) is 48.2 Å². The van der Waals surface area contributed by atoms with Crippen LogP contribution in [0.15, 0.2) is 73.1 Å². The van der Waals surface area contributed by atoms with Crippen molar-refractivity contribution in [2.45, 2.75) is 57.8 Å². The van der Waals surface area contributed by atoms with Gasteiger partial charge in [0.05, 0.1) is 6.42 Å². The summed E-state index contributed by atoms with van der Waals surface area (Å²) >= 11 is 0. The number of rotatable bonds is 4. The Morgan fingerprint density at radius 1 is 0.946 bits per heavy atom. The van der Waals surface area contributed by atoms with Crippen molar-refractivity contribution in [3.05, 3.63) is 95.6 Å². The molecule has 0 aliphatic carbocycles. The third kappa shape index (κ3) is 5.88. The van der Waals surface area contributed by atoms with Crippen molar-refractivity contribution in [3.8, 4) is 0 Å². The van der Waals surface area contributed by atoms with Crippen molar-refractivity contribution in [2.75, 3.05) is 18.0 Å². The molecule has 1 fully saturated rings. The number of halogens is 1. The zero-order valence-corrected chi connectivity index (χ0v) is 21.2. The van der Waals surface area contributed by atoms with Crippen molar-refractivity contribution in [3.63, 3.8) is 0 Å². The molecule has 6 nitrogen and oxygen atoms in total. The standard InChI is InChI=1S/C30H33FN4O2/c1-22(36)34-16-14-27-12-13-28(35(27)19-24-5-4-15-32-18-24)21-33(20-25-6-2-3-7-29(25)34)30(37)17-23-8-10-26(31)11-9-23/h2-11,15,18,27-28H,12-14,16-17,19-21H2,1H3. The summed E-state index contributed by atoms with van der Waals surface area (Å²) < 4.78 is 13.5. The highest BCUT2D eigenvalue weighted by Gasteiger charge is 2.36. The zero-order chi connectivity index (χ0) is 25.8. The van der Waals surface area contributed by atoms with E-state index in [1.807, 2.05) is 46.3 Å². The highest BCUT2D eigenvalue weighted by molar-refractivity contribution is 5.92. The Morgan fingerprint density at radius 2 is 1.73 bits per heavy atom. The van der Waals surface area contributed by atoms with Gasteiger partial charge in [-0.1, -0.05) is 36.4 Å². The lowest BCUT2D eigenvalue weighted by molar-refractivity contribution is -0.132. The number of fused-ring (bicyclic) bond motifs is 3. The number of aromatic nitrogens is 1. The van der Waals surface area contributed by atoms with Gasteiger partial charge in [0.1, 0.15) is 5.82 Å². The minimum Gasteiger partial charge on any atom is -0.336 e. The van der Waals surface area contributed by atoms with Gasteiger partial charge in [-0.3, -0.25) is 19.5 Å². The molecule has 2 unspecified atom stereocenters. The maximum absolute atomic E-state index is 13.7. The van der Waals surface area contributed by atoms with Crippen LogP contribution in [0, 0.1) is 5.82 Å². The summed E-state index contributed by atoms with van der Waals surface area (Å²) in [5, 5.41) is 0. The van der Waals surface area contributed by atoms with Crippen molar-refractivity contribution in [1.29, 1.82) is 0 Å². The third-order valence-corrected chi connectivity index (χ3v) is 7.62. The Bertz CT molecular complexity index is 1230. The van der Waals surface area contributed by atoms with E-state index in [4.69, 9.17) is 0 Å². The monoisotopic (exact) mass is 500 g/mol. The van der Waals surface area contributed by atoms with E-state index in [0.29, 0.717) is 25.7 Å². The summed E-state index contributed by atoms with van der Waals surface area (Å²) in [5.74, 6) is -0.309. The Balaban J connectivity index is 1.49. The molecule has 3 heterocycles. The molecule has 0 radical (unpaired) electrons. The maximum atomic E-state index is 13.7. The van der Waals surface area contributed by atoms with E-state index in [1.54, 1.807) is 25.3 Å². The molecule has 2 atom stereocenters. The topological polar surface area (TPSA) is 56.8 Å². The van der Waals surface area contributed by atoms with Crippen LogP contribution in [0.25, 0.3) is 0 Å². The van der Waals surface area contributed by atoms with Gasteiger partial charge >= 0.3 is 0 Å². The fourth-order valence-corrected chi connectivity index (χ4v) is 5.72. The molecule has 3 aromatic rings. The number of anilines is 1. The van der Waals surface area contributed by atoms with Crippen molar-refractivity contribution in [2.24, 2.45) is 0 Å². The molecule has 2 aliphatic heterocycles. The molecule has 1 saturated heterocycles. The average Bonchev–Trinajstić information content (AvgIpc) is 3.25. The van der Waals surface area contributed by atoms with Gasteiger partial charge in [-0.15, -0.1) is 0 Å². The number of carbonyl (C=O) groups excluding carboxylic acids is 2. The molecule has 2 aromatic carbocycles. The molecule has 2 aliphatic rings. The molecular formula is C30H33FN4O2. The number of carbonyl (C=O) groups is 2. The lowest BCUT2D eigenvalue weighted by Crippen LogP contribution is -2.45. The summed E-state index contributed by atoms with van der Waals surface area (Å²) in [7, 11) is 0. The smallest absolute Gasteiger partial charge is 0.227 e. The second-order valence-electron chi connectivity index (χ2n) is 10.1. The Morgan fingerprint density at radius 3 is 2.49 bits per heavy atom. The summed E-state index contributed by atoms with van der Waals surface area (Å²) in [6.07, 6.45) is 6.78. The molecule has 37 heavy (non-hydrogen) atoms. The largest absolute Gasteiger partial charge is 0.336 e. The molecule has 2 bridgehead atoms. The molecule has 0 spiro atoms. The van der Waals surface area contributed by atoms with E-state index < -0.39 is 0 Å². The highest BCUT2D eigenvalue weighted by Crippen LogP contribution is 2.32. The van der Waals surface area contributed by atoms with Crippen LogP contribution in [0.2, 0.25) is 0 Å². The third-order valence-electron chi connectivity index (χ3n) is 7.62. The van der Waals surface area contributed by atoms with E-state index in [-0.39, 0.29) is 30.1 Å². The number of hydrogen-bond acceptors (Lipinski definition) is 4. The van der Waals surface area contributed by atoms with Crippen molar-refractivity contribution < 1.29 is 14.0 Å². The average molecular weight is 501 g/mol. The Labute approximate surface area is 217 Å². The molecule has 0 N–H and O–H groups in total. The number of hydrogen-bond donors (Lipinski definition) is 0. The lowest BCUT2D eigenvalue weighted by atomic mass is 10.1. The highest BCUT2D eigenvalue weighted by atomic mass is 19.1. The van der Waals surface area contributed by atoms with Gasteiger partial charge in [-0.05, 0) is 60.2 Å². The van der Waals surface area contributed by atoms with Crippen LogP contribution in [-0.2, 0) is 29.1 Å². The fraction of sp³-hybridized carbons (Fsp3) is 0.367. The molecule has 192 valence electrons. The second-order valence-corrected chi connectivity index (χ2v) is 10.1. The number of pyridine rings is 1. The van der Waals surface area contributed by atoms with Crippen molar-refractivity contribution >= 4 is 17.5 Å². The predicted octanol–water partition coefficient (Wildman–Crippen LogP) is 4.58. The SMILES string of the molecule is CC(=O)N1CCC2CCC(CN(C(=O)Cc3ccc(F)cc3)Cc3ccccc31)N2Cc1cccnc1. The summed E-state index contributed by atoms with van der Waals surface area (Å²) in [5.41, 5.74) is 3.76. The van der Waals surface area contributed by atoms with Gasteiger partial charge in [-0.2, -0.15) is 0 Å². The first-order valence-electron chi connectivity index (χ1n) is 13.0. The zero-order valence-electron chi connectivity index (χ0n) is 21.2. The molecule has 5 rings (SSSR count). The van der Waals surface area contributed by atoms with Gasteiger partial charge in [0.2, 0.25) is 11.8 Å². The predicted molar refractivity (Wildman–Crippen MR) is 141 cm³/mol. The molecule has 1 aromatic heterocycles.